The minimum absolute atomic E-state index is 0.0165. The van der Waals surface area contributed by atoms with Gasteiger partial charge in [-0.1, -0.05) is 47.9 Å². The summed E-state index contributed by atoms with van der Waals surface area (Å²) in [4.78, 5) is 26.1. The van der Waals surface area contributed by atoms with Crippen molar-refractivity contribution in [2.75, 3.05) is 10.6 Å². The van der Waals surface area contributed by atoms with E-state index >= 15 is 0 Å². The van der Waals surface area contributed by atoms with E-state index < -0.39 is 26.9 Å². The number of hydrogen-bond donors (Lipinski definition) is 3. The van der Waals surface area contributed by atoms with E-state index in [1.54, 1.807) is 25.3 Å². The van der Waals surface area contributed by atoms with Gasteiger partial charge in [-0.05, 0) is 50.6 Å². The van der Waals surface area contributed by atoms with E-state index in [4.69, 9.17) is 11.6 Å². The number of benzene rings is 3. The highest BCUT2D eigenvalue weighted by Crippen LogP contribution is 2.35. The molecule has 198 valence electrons. The van der Waals surface area contributed by atoms with E-state index in [0.717, 1.165) is 22.0 Å². The Morgan fingerprint density at radius 1 is 0.974 bits per heavy atom. The van der Waals surface area contributed by atoms with E-state index in [2.05, 4.69) is 10.6 Å². The van der Waals surface area contributed by atoms with Gasteiger partial charge in [0.1, 0.15) is 11.0 Å². The Kier molecular flexibility index (Phi) is 7.53. The van der Waals surface area contributed by atoms with Crippen molar-refractivity contribution in [3.8, 4) is 5.75 Å². The van der Waals surface area contributed by atoms with Crippen molar-refractivity contribution < 1.29 is 23.1 Å². The maximum Gasteiger partial charge on any atom is 0.257 e. The van der Waals surface area contributed by atoms with Gasteiger partial charge in [-0.25, -0.2) is 8.42 Å². The number of fused-ring (bicyclic) bond motifs is 1. The van der Waals surface area contributed by atoms with Crippen molar-refractivity contribution >= 4 is 55.5 Å². The summed E-state index contributed by atoms with van der Waals surface area (Å²) in [5, 5.41) is 15.2. The number of halogens is 1. The molecule has 0 aliphatic heterocycles. The van der Waals surface area contributed by atoms with Gasteiger partial charge in [0.2, 0.25) is 5.91 Å². The zero-order chi connectivity index (χ0) is 27.8. The lowest BCUT2D eigenvalue weighted by Crippen LogP contribution is -2.34. The first-order valence-electron chi connectivity index (χ1n) is 11.9. The van der Waals surface area contributed by atoms with Crippen molar-refractivity contribution in [2.45, 2.75) is 37.3 Å². The van der Waals surface area contributed by atoms with Crippen LogP contribution in [0.4, 0.5) is 11.4 Å². The SMILES string of the molecule is CCC(C(=O)Nc1cc(O)c(NC(=O)c2cn(C)c3ccc(C)cc23)cc1Cl)S(=O)(=O)c1ccc(C)cc1. The maximum atomic E-state index is 13.1. The van der Waals surface area contributed by atoms with Crippen molar-refractivity contribution in [1.29, 1.82) is 0 Å². The summed E-state index contributed by atoms with van der Waals surface area (Å²) in [7, 11) is -2.12. The molecule has 0 aliphatic carbocycles. The summed E-state index contributed by atoms with van der Waals surface area (Å²) in [6.45, 7) is 5.37. The molecule has 8 nitrogen and oxygen atoms in total. The summed E-state index contributed by atoms with van der Waals surface area (Å²) in [6.07, 6.45) is 1.73. The average molecular weight is 554 g/mol. The van der Waals surface area contributed by atoms with Crippen molar-refractivity contribution in [3.05, 3.63) is 82.5 Å². The third kappa shape index (κ3) is 5.25. The second-order valence-corrected chi connectivity index (χ2v) is 11.8. The third-order valence-corrected chi connectivity index (χ3v) is 8.91. The van der Waals surface area contributed by atoms with E-state index in [9.17, 15) is 23.1 Å². The van der Waals surface area contributed by atoms with Crippen LogP contribution in [0.1, 0.15) is 34.8 Å². The Labute approximate surface area is 226 Å². The first kappa shape index (κ1) is 27.2. The molecule has 1 unspecified atom stereocenters. The monoisotopic (exact) mass is 553 g/mol. The number of carbonyl (C=O) groups excluding carboxylic acids is 2. The molecule has 4 aromatic rings. The first-order valence-corrected chi connectivity index (χ1v) is 13.9. The second kappa shape index (κ2) is 10.5. The smallest absolute Gasteiger partial charge is 0.257 e. The highest BCUT2D eigenvalue weighted by atomic mass is 35.5. The van der Waals surface area contributed by atoms with Gasteiger partial charge in [-0.3, -0.25) is 9.59 Å². The molecule has 1 aromatic heterocycles. The zero-order valence-corrected chi connectivity index (χ0v) is 22.9. The van der Waals surface area contributed by atoms with Crippen LogP contribution >= 0.6 is 11.6 Å². The quantitative estimate of drug-likeness (QED) is 0.258. The van der Waals surface area contributed by atoms with Crippen molar-refractivity contribution in [3.63, 3.8) is 0 Å². The molecule has 0 saturated carbocycles. The van der Waals surface area contributed by atoms with Crippen LogP contribution < -0.4 is 10.6 Å². The maximum absolute atomic E-state index is 13.1. The van der Waals surface area contributed by atoms with Crippen molar-refractivity contribution in [1.82, 2.24) is 4.57 Å². The molecule has 0 fully saturated rings. The molecule has 2 amide bonds. The molecular formula is C28H28ClN3O5S. The molecule has 0 aliphatic rings. The predicted octanol–water partition coefficient (Wildman–Crippen LogP) is 5.60. The first-order chi connectivity index (χ1) is 17.9. The van der Waals surface area contributed by atoms with Gasteiger partial charge in [-0.15, -0.1) is 0 Å². The van der Waals surface area contributed by atoms with Crippen LogP contribution in [0.3, 0.4) is 0 Å². The summed E-state index contributed by atoms with van der Waals surface area (Å²) >= 11 is 6.36. The van der Waals surface area contributed by atoms with Crippen LogP contribution in [0.15, 0.2) is 65.7 Å². The van der Waals surface area contributed by atoms with Gasteiger partial charge in [0.25, 0.3) is 5.91 Å². The third-order valence-electron chi connectivity index (χ3n) is 6.37. The number of nitrogens with one attached hydrogen (secondary N) is 2. The van der Waals surface area contributed by atoms with E-state index in [0.29, 0.717) is 5.56 Å². The number of aromatic hydroxyl groups is 1. The standard InChI is InChI=1S/C28H28ClN3O5S/c1-5-26(38(36,37)18-9-6-16(2)7-10-18)28(35)30-22-14-25(33)23(13-21(22)29)31-27(34)20-15-32(4)24-11-8-17(3)12-19(20)24/h6-15,26,33H,5H2,1-4H3,(H,30,35)(H,31,34). The summed E-state index contributed by atoms with van der Waals surface area (Å²) in [6, 6.07) is 14.5. The highest BCUT2D eigenvalue weighted by Gasteiger charge is 2.33. The molecule has 1 heterocycles. The largest absolute Gasteiger partial charge is 0.506 e. The van der Waals surface area contributed by atoms with E-state index in [1.807, 2.05) is 43.7 Å². The second-order valence-electron chi connectivity index (χ2n) is 9.22. The number of amides is 2. The molecule has 3 N–H and O–H groups in total. The summed E-state index contributed by atoms with van der Waals surface area (Å²) in [5.74, 6) is -1.57. The zero-order valence-electron chi connectivity index (χ0n) is 21.4. The number of rotatable bonds is 7. The van der Waals surface area contributed by atoms with Gasteiger partial charge in [-0.2, -0.15) is 0 Å². The molecule has 38 heavy (non-hydrogen) atoms. The lowest BCUT2D eigenvalue weighted by atomic mass is 10.1. The number of phenolic OH excluding ortho intramolecular Hbond substituents is 1. The molecule has 10 heteroatoms. The minimum Gasteiger partial charge on any atom is -0.506 e. The number of phenols is 1. The Balaban J connectivity index is 1.56. The molecule has 0 bridgehead atoms. The lowest BCUT2D eigenvalue weighted by molar-refractivity contribution is -0.115. The van der Waals surface area contributed by atoms with Gasteiger partial charge in [0.05, 0.1) is 26.9 Å². The Bertz CT molecular complexity index is 1660. The average Bonchev–Trinajstić information content (AvgIpc) is 3.18. The molecule has 0 spiro atoms. The summed E-state index contributed by atoms with van der Waals surface area (Å²) < 4.78 is 28.0. The van der Waals surface area contributed by atoms with Crippen LogP contribution in [0.25, 0.3) is 10.9 Å². The fourth-order valence-corrected chi connectivity index (χ4v) is 6.12. The number of aromatic nitrogens is 1. The van der Waals surface area contributed by atoms with E-state index in [1.165, 1.54) is 24.3 Å². The van der Waals surface area contributed by atoms with Gasteiger partial charge in [0.15, 0.2) is 9.84 Å². The van der Waals surface area contributed by atoms with Gasteiger partial charge in [0, 0.05) is 30.2 Å². The topological polar surface area (TPSA) is 118 Å². The minimum atomic E-state index is -3.96. The van der Waals surface area contributed by atoms with Crippen LogP contribution in [0.2, 0.25) is 5.02 Å². The van der Waals surface area contributed by atoms with Gasteiger partial charge >= 0.3 is 0 Å². The molecule has 1 atom stereocenters. The summed E-state index contributed by atoms with van der Waals surface area (Å²) in [5.41, 5.74) is 3.26. The van der Waals surface area contributed by atoms with Crippen LogP contribution in [-0.2, 0) is 21.7 Å². The number of sulfone groups is 1. The molecular weight excluding hydrogens is 526 g/mol. The highest BCUT2D eigenvalue weighted by molar-refractivity contribution is 7.92. The number of hydrogen-bond acceptors (Lipinski definition) is 5. The normalized spacial score (nSPS) is 12.3. The van der Waals surface area contributed by atoms with Crippen LogP contribution in [0.5, 0.6) is 5.75 Å². The number of carbonyl (C=O) groups is 2. The van der Waals surface area contributed by atoms with E-state index in [-0.39, 0.29) is 33.5 Å². The van der Waals surface area contributed by atoms with Crippen molar-refractivity contribution in [2.24, 2.45) is 7.05 Å². The fourth-order valence-electron chi connectivity index (χ4n) is 4.29. The predicted molar refractivity (Wildman–Crippen MR) is 150 cm³/mol. The Hall–Kier alpha value is -3.82. The molecule has 3 aromatic carbocycles. The fraction of sp³-hybridized carbons (Fsp3) is 0.214. The number of nitrogens with zero attached hydrogens (tertiary/aromatic N) is 1. The van der Waals surface area contributed by atoms with Crippen LogP contribution in [0, 0.1) is 13.8 Å². The Morgan fingerprint density at radius 3 is 2.29 bits per heavy atom. The lowest BCUT2D eigenvalue weighted by Gasteiger charge is -2.17. The van der Waals surface area contributed by atoms with Gasteiger partial charge < -0.3 is 20.3 Å². The number of anilines is 2. The number of aryl methyl sites for hydroxylation is 3. The van der Waals surface area contributed by atoms with Crippen LogP contribution in [-0.4, -0.2) is 35.2 Å². The molecule has 0 saturated heterocycles. The molecule has 4 rings (SSSR count). The molecule has 0 radical (unpaired) electrons. The Morgan fingerprint density at radius 2 is 1.63 bits per heavy atom.